The molecular weight excluding hydrogens is 296 g/mol. The van der Waals surface area contributed by atoms with Crippen molar-refractivity contribution in [3.63, 3.8) is 0 Å². The third-order valence-corrected chi connectivity index (χ3v) is 0. The zero-order chi connectivity index (χ0) is 3.58. The summed E-state index contributed by atoms with van der Waals surface area (Å²) in [6.45, 7) is 0. The molecule has 0 amide bonds. The molecular formula is HAuO3V. The van der Waals surface area contributed by atoms with E-state index >= 15 is 0 Å². The monoisotopic (exact) mass is 297 g/mol. The van der Waals surface area contributed by atoms with Gasteiger partial charge in [0.25, 0.3) is 0 Å². The van der Waals surface area contributed by atoms with Crippen molar-refractivity contribution < 1.29 is 49.2 Å². The van der Waals surface area contributed by atoms with Crippen LogP contribution in [0.3, 0.4) is 0 Å². The van der Waals surface area contributed by atoms with E-state index in [1.165, 1.54) is 0 Å². The van der Waals surface area contributed by atoms with Crippen molar-refractivity contribution in [1.29, 1.82) is 0 Å². The maximum absolute atomic E-state index is 8.67. The van der Waals surface area contributed by atoms with E-state index in [4.69, 9.17) is 11.4 Å². The zero-order valence-corrected chi connectivity index (χ0v) is 5.58. The van der Waals surface area contributed by atoms with Gasteiger partial charge >= 0.3 is 26.8 Å². The maximum atomic E-state index is 8.67. The third-order valence-electron chi connectivity index (χ3n) is 0. The van der Waals surface area contributed by atoms with Crippen molar-refractivity contribution in [1.82, 2.24) is 0 Å². The van der Waals surface area contributed by atoms with Crippen LogP contribution in [0, 0.1) is 0 Å². The average molecular weight is 297 g/mol. The van der Waals surface area contributed by atoms with Crippen molar-refractivity contribution >= 4 is 0 Å². The summed E-state index contributed by atoms with van der Waals surface area (Å²) in [5.74, 6) is 0. The van der Waals surface area contributed by atoms with Gasteiger partial charge in [-0.3, -0.25) is 0 Å². The Balaban J connectivity index is 0. The molecule has 0 fully saturated rings. The first-order chi connectivity index (χ1) is 1.73. The minimum atomic E-state index is -3.69. The van der Waals surface area contributed by atoms with Crippen molar-refractivity contribution in [3.05, 3.63) is 0 Å². The van der Waals surface area contributed by atoms with E-state index in [-0.39, 0.29) is 22.4 Å². The summed E-state index contributed by atoms with van der Waals surface area (Å²) < 4.78 is 24.4. The molecule has 0 rings (SSSR count). The summed E-state index contributed by atoms with van der Waals surface area (Å²) in [4.78, 5) is 0. The SMILES string of the molecule is [Au].[O]=[V](=[O])[OH]. The summed E-state index contributed by atoms with van der Waals surface area (Å²) in [5, 5.41) is 0. The number of hydrogen-bond acceptors (Lipinski definition) is 2. The van der Waals surface area contributed by atoms with Gasteiger partial charge in [0, 0.05) is 22.4 Å². The Morgan fingerprint density at radius 1 is 1.40 bits per heavy atom. The van der Waals surface area contributed by atoms with E-state index in [1.54, 1.807) is 0 Å². The Morgan fingerprint density at radius 2 is 1.40 bits per heavy atom. The first kappa shape index (κ1) is 9.30. The predicted octanol–water partition coefficient (Wildman–Crippen LogP) is -0.800. The first-order valence-electron chi connectivity index (χ1n) is 0.565. The Hall–Kier alpha value is 0.885. The van der Waals surface area contributed by atoms with Crippen molar-refractivity contribution in [2.75, 3.05) is 0 Å². The van der Waals surface area contributed by atoms with Crippen LogP contribution in [0.5, 0.6) is 0 Å². The topological polar surface area (TPSA) is 54.4 Å². The average Bonchev–Trinajstić information content (AvgIpc) is 0.811. The molecule has 1 radical (unpaired) electrons. The van der Waals surface area contributed by atoms with Gasteiger partial charge in [0.05, 0.1) is 0 Å². The van der Waals surface area contributed by atoms with Gasteiger partial charge in [-0.2, -0.15) is 0 Å². The first-order valence-corrected chi connectivity index (χ1v) is 2.33. The molecule has 0 aliphatic carbocycles. The van der Waals surface area contributed by atoms with Gasteiger partial charge in [0.15, 0.2) is 0 Å². The van der Waals surface area contributed by atoms with Gasteiger partial charge in [-0.15, -0.1) is 0 Å². The molecule has 0 aromatic heterocycles. The van der Waals surface area contributed by atoms with Crippen LogP contribution in [-0.4, -0.2) is 4.03 Å². The van der Waals surface area contributed by atoms with Crippen LogP contribution in [-0.2, 0) is 45.1 Å². The van der Waals surface area contributed by atoms with E-state index in [9.17, 15) is 0 Å². The summed E-state index contributed by atoms with van der Waals surface area (Å²) >= 11 is -3.69. The molecule has 1 N–H and O–H groups in total. The molecule has 0 saturated heterocycles. The van der Waals surface area contributed by atoms with E-state index in [2.05, 4.69) is 0 Å². The van der Waals surface area contributed by atoms with E-state index < -0.39 is 15.4 Å². The molecule has 0 heterocycles. The second kappa shape index (κ2) is 4.88. The Kier molecular flexibility index (Phi) is 9.09. The molecule has 0 aromatic rings. The van der Waals surface area contributed by atoms with Gasteiger partial charge < -0.3 is 0 Å². The quantitative estimate of drug-likeness (QED) is 0.596. The third kappa shape index (κ3) is 51.9. The standard InChI is InChI=1S/Au.H2O.2O.V/h;1H2;;;/q;;;;+1/p-1. The minimum absolute atomic E-state index is 0. The molecule has 0 aromatic carbocycles. The molecule has 0 spiro atoms. The van der Waals surface area contributed by atoms with Gasteiger partial charge in [0.2, 0.25) is 0 Å². The summed E-state index contributed by atoms with van der Waals surface area (Å²) in [5.41, 5.74) is 0. The molecule has 3 nitrogen and oxygen atoms in total. The van der Waals surface area contributed by atoms with Crippen LogP contribution in [0.1, 0.15) is 0 Å². The zero-order valence-electron chi connectivity index (χ0n) is 2.01. The van der Waals surface area contributed by atoms with Crippen LogP contribution in [0.2, 0.25) is 0 Å². The van der Waals surface area contributed by atoms with Gasteiger partial charge in [0.1, 0.15) is 0 Å². The van der Waals surface area contributed by atoms with Crippen molar-refractivity contribution in [2.45, 2.75) is 0 Å². The van der Waals surface area contributed by atoms with E-state index in [1.807, 2.05) is 0 Å². The van der Waals surface area contributed by atoms with E-state index in [0.29, 0.717) is 0 Å². The van der Waals surface area contributed by atoms with Gasteiger partial charge in [-0.05, 0) is 0 Å². The van der Waals surface area contributed by atoms with Crippen molar-refractivity contribution in [2.24, 2.45) is 0 Å². The number of rotatable bonds is 0. The Bertz CT molecular complexity index is 55.3. The molecule has 0 aliphatic heterocycles. The fraction of sp³-hybridized carbons (Fsp3) is 0. The molecule has 0 bridgehead atoms. The summed E-state index contributed by atoms with van der Waals surface area (Å²) in [7, 11) is 0. The second-order valence-electron chi connectivity index (χ2n) is 0.238. The normalized spacial score (nSPS) is 5.00. The van der Waals surface area contributed by atoms with Crippen molar-refractivity contribution in [3.8, 4) is 0 Å². The van der Waals surface area contributed by atoms with Crippen LogP contribution >= 0.6 is 0 Å². The molecule has 5 heavy (non-hydrogen) atoms. The number of hydrogen-bond donors (Lipinski definition) is 1. The fourth-order valence-electron chi connectivity index (χ4n) is 0. The fourth-order valence-corrected chi connectivity index (χ4v) is 0. The summed E-state index contributed by atoms with van der Waals surface area (Å²) in [6.07, 6.45) is 0. The molecule has 0 atom stereocenters. The predicted molar refractivity (Wildman–Crippen MR) is 3.59 cm³/mol. The molecule has 0 unspecified atom stereocenters. The van der Waals surface area contributed by atoms with Gasteiger partial charge in [-0.25, -0.2) is 0 Å². The summed E-state index contributed by atoms with van der Waals surface area (Å²) in [6, 6.07) is 0. The van der Waals surface area contributed by atoms with Crippen LogP contribution in [0.25, 0.3) is 0 Å². The Labute approximate surface area is 49.2 Å². The molecule has 35 valence electrons. The van der Waals surface area contributed by atoms with Crippen LogP contribution < -0.4 is 0 Å². The second-order valence-corrected chi connectivity index (χ2v) is 0.981. The van der Waals surface area contributed by atoms with Gasteiger partial charge in [-0.1, -0.05) is 0 Å². The van der Waals surface area contributed by atoms with E-state index in [0.717, 1.165) is 0 Å². The molecule has 0 saturated carbocycles. The molecule has 5 heteroatoms. The molecule has 0 aliphatic rings. The van der Waals surface area contributed by atoms with Crippen LogP contribution in [0.4, 0.5) is 0 Å². The van der Waals surface area contributed by atoms with Crippen LogP contribution in [0.15, 0.2) is 0 Å². The Morgan fingerprint density at radius 3 is 1.40 bits per heavy atom.